The standard InChI is InChI=1S/C10H14F2N2O2/c11-9(3-1-2-4-13-7-15)5-10(12)6-14-8-16/h9-10H,1-6H2. The van der Waals surface area contributed by atoms with Gasteiger partial charge in [0.15, 0.2) is 0 Å². The summed E-state index contributed by atoms with van der Waals surface area (Å²) in [4.78, 5) is 25.7. The van der Waals surface area contributed by atoms with E-state index in [0.717, 1.165) is 0 Å². The Labute approximate surface area is 92.5 Å². The second kappa shape index (κ2) is 10.1. The summed E-state index contributed by atoms with van der Waals surface area (Å²) in [6.07, 6.45) is 0.972. The van der Waals surface area contributed by atoms with Crippen LogP contribution in [-0.4, -0.2) is 37.6 Å². The first kappa shape index (κ1) is 14.6. The van der Waals surface area contributed by atoms with Crippen molar-refractivity contribution in [1.82, 2.24) is 0 Å². The molecule has 0 amide bonds. The molecule has 0 rings (SSSR count). The van der Waals surface area contributed by atoms with Gasteiger partial charge >= 0.3 is 0 Å². The van der Waals surface area contributed by atoms with E-state index in [9.17, 15) is 18.4 Å². The molecule has 0 heterocycles. The van der Waals surface area contributed by atoms with Crippen molar-refractivity contribution in [1.29, 1.82) is 0 Å². The molecule has 2 atom stereocenters. The third kappa shape index (κ3) is 9.19. The summed E-state index contributed by atoms with van der Waals surface area (Å²) in [7, 11) is 0. The summed E-state index contributed by atoms with van der Waals surface area (Å²) in [5.41, 5.74) is 0. The van der Waals surface area contributed by atoms with Crippen LogP contribution in [0.1, 0.15) is 25.7 Å². The third-order valence-corrected chi connectivity index (χ3v) is 1.97. The van der Waals surface area contributed by atoms with Gasteiger partial charge in [0.05, 0.1) is 13.1 Å². The van der Waals surface area contributed by atoms with Gasteiger partial charge in [0.1, 0.15) is 12.3 Å². The van der Waals surface area contributed by atoms with E-state index in [1.165, 1.54) is 12.2 Å². The number of unbranched alkanes of at least 4 members (excludes halogenated alkanes) is 1. The average molecular weight is 232 g/mol. The van der Waals surface area contributed by atoms with Crippen LogP contribution < -0.4 is 0 Å². The molecule has 0 radical (unpaired) electrons. The lowest BCUT2D eigenvalue weighted by Crippen LogP contribution is -2.13. The Morgan fingerprint density at radius 2 is 1.69 bits per heavy atom. The summed E-state index contributed by atoms with van der Waals surface area (Å²) in [6, 6.07) is 0. The van der Waals surface area contributed by atoms with Gasteiger partial charge < -0.3 is 0 Å². The number of isocyanates is 2. The molecule has 0 aliphatic carbocycles. The molecular weight excluding hydrogens is 218 g/mol. The van der Waals surface area contributed by atoms with Crippen LogP contribution >= 0.6 is 0 Å². The van der Waals surface area contributed by atoms with Crippen LogP contribution in [0.5, 0.6) is 0 Å². The normalized spacial score (nSPS) is 13.4. The Morgan fingerprint density at radius 3 is 2.31 bits per heavy atom. The molecule has 0 saturated heterocycles. The van der Waals surface area contributed by atoms with Crippen LogP contribution in [-0.2, 0) is 9.59 Å². The van der Waals surface area contributed by atoms with Crippen molar-refractivity contribution in [3.05, 3.63) is 0 Å². The maximum absolute atomic E-state index is 13.1. The first-order chi connectivity index (χ1) is 7.70. The highest BCUT2D eigenvalue weighted by atomic mass is 19.1. The molecule has 0 aromatic heterocycles. The Hall–Kier alpha value is -1.38. The molecule has 0 aliphatic rings. The summed E-state index contributed by atoms with van der Waals surface area (Å²) >= 11 is 0. The molecule has 0 aromatic rings. The van der Waals surface area contributed by atoms with Gasteiger partial charge in [-0.05, 0) is 19.3 Å². The number of aliphatic imine (C=N–C) groups is 2. The first-order valence-corrected chi connectivity index (χ1v) is 5.06. The minimum absolute atomic E-state index is 0.222. The van der Waals surface area contributed by atoms with E-state index in [2.05, 4.69) is 9.98 Å². The summed E-state index contributed by atoms with van der Waals surface area (Å²) in [5.74, 6) is 0. The molecule has 4 nitrogen and oxygen atoms in total. The number of hydrogen-bond acceptors (Lipinski definition) is 4. The van der Waals surface area contributed by atoms with Crippen molar-refractivity contribution in [2.24, 2.45) is 9.98 Å². The molecule has 0 N–H and O–H groups in total. The van der Waals surface area contributed by atoms with Gasteiger partial charge in [-0.3, -0.25) is 0 Å². The fraction of sp³-hybridized carbons (Fsp3) is 0.800. The Morgan fingerprint density at radius 1 is 1.00 bits per heavy atom. The van der Waals surface area contributed by atoms with Crippen LogP contribution in [0.3, 0.4) is 0 Å². The van der Waals surface area contributed by atoms with Crippen LogP contribution in [0.25, 0.3) is 0 Å². The maximum Gasteiger partial charge on any atom is 0.235 e. The molecule has 0 aromatic carbocycles. The number of hydrogen-bond donors (Lipinski definition) is 0. The fourth-order valence-corrected chi connectivity index (χ4v) is 1.21. The predicted molar refractivity (Wildman–Crippen MR) is 54.2 cm³/mol. The Bertz CT molecular complexity index is 274. The van der Waals surface area contributed by atoms with Crippen LogP contribution in [0.4, 0.5) is 8.78 Å². The zero-order valence-electron chi connectivity index (χ0n) is 8.86. The second-order valence-corrected chi connectivity index (χ2v) is 3.33. The molecule has 0 spiro atoms. The van der Waals surface area contributed by atoms with E-state index < -0.39 is 12.3 Å². The molecular formula is C10H14F2N2O2. The first-order valence-electron chi connectivity index (χ1n) is 5.06. The lowest BCUT2D eigenvalue weighted by molar-refractivity contribution is 0.211. The van der Waals surface area contributed by atoms with Crippen LogP contribution in [0.15, 0.2) is 9.98 Å². The van der Waals surface area contributed by atoms with Crippen molar-refractivity contribution in [3.8, 4) is 0 Å². The van der Waals surface area contributed by atoms with Crippen molar-refractivity contribution in [2.45, 2.75) is 38.0 Å². The van der Waals surface area contributed by atoms with Crippen molar-refractivity contribution in [3.63, 3.8) is 0 Å². The SMILES string of the molecule is O=C=NCCCCC(F)CC(F)CN=C=O. The number of carbonyl (C=O) groups excluding carboxylic acids is 2. The van der Waals surface area contributed by atoms with Crippen molar-refractivity contribution >= 4 is 12.2 Å². The van der Waals surface area contributed by atoms with Gasteiger partial charge in [-0.1, -0.05) is 0 Å². The predicted octanol–water partition coefficient (Wildman–Crippen LogP) is 1.89. The Kier molecular flexibility index (Phi) is 9.27. The number of rotatable bonds is 9. The van der Waals surface area contributed by atoms with E-state index in [0.29, 0.717) is 19.4 Å². The quantitative estimate of drug-likeness (QED) is 0.346. The van der Waals surface area contributed by atoms with E-state index in [4.69, 9.17) is 0 Å². The lowest BCUT2D eigenvalue weighted by Gasteiger charge is -2.09. The molecule has 0 aliphatic heterocycles. The molecule has 90 valence electrons. The monoisotopic (exact) mass is 232 g/mol. The van der Waals surface area contributed by atoms with Crippen LogP contribution in [0, 0.1) is 0 Å². The largest absolute Gasteiger partial charge is 0.247 e. The van der Waals surface area contributed by atoms with Gasteiger partial charge in [-0.2, -0.15) is 0 Å². The van der Waals surface area contributed by atoms with E-state index in [-0.39, 0.29) is 19.4 Å². The smallest absolute Gasteiger partial charge is 0.235 e. The average Bonchev–Trinajstić information content (AvgIpc) is 2.26. The second-order valence-electron chi connectivity index (χ2n) is 3.33. The highest BCUT2D eigenvalue weighted by Gasteiger charge is 2.14. The number of halogens is 2. The van der Waals surface area contributed by atoms with Crippen molar-refractivity contribution in [2.75, 3.05) is 13.1 Å². The fourth-order valence-electron chi connectivity index (χ4n) is 1.21. The summed E-state index contributed by atoms with van der Waals surface area (Å²) < 4.78 is 26.0. The van der Waals surface area contributed by atoms with E-state index in [1.54, 1.807) is 0 Å². The van der Waals surface area contributed by atoms with E-state index in [1.807, 2.05) is 0 Å². The number of nitrogens with zero attached hydrogens (tertiary/aromatic N) is 2. The maximum atomic E-state index is 13.1. The third-order valence-electron chi connectivity index (χ3n) is 1.97. The molecule has 16 heavy (non-hydrogen) atoms. The zero-order chi connectivity index (χ0) is 12.2. The summed E-state index contributed by atoms with van der Waals surface area (Å²) in [5, 5.41) is 0. The van der Waals surface area contributed by atoms with Crippen LogP contribution in [0.2, 0.25) is 0 Å². The number of alkyl halides is 2. The van der Waals surface area contributed by atoms with Gasteiger partial charge in [-0.15, -0.1) is 0 Å². The summed E-state index contributed by atoms with van der Waals surface area (Å²) in [6.45, 7) is -0.00986. The van der Waals surface area contributed by atoms with Gasteiger partial charge in [0.25, 0.3) is 0 Å². The molecule has 0 bridgehead atoms. The highest BCUT2D eigenvalue weighted by Crippen LogP contribution is 2.13. The molecule has 0 saturated carbocycles. The minimum Gasteiger partial charge on any atom is -0.247 e. The lowest BCUT2D eigenvalue weighted by atomic mass is 10.1. The van der Waals surface area contributed by atoms with Crippen molar-refractivity contribution < 1.29 is 18.4 Å². The Balaban J connectivity index is 3.52. The molecule has 6 heteroatoms. The molecule has 0 fully saturated rings. The highest BCUT2D eigenvalue weighted by molar-refractivity contribution is 5.33. The van der Waals surface area contributed by atoms with Gasteiger partial charge in [0.2, 0.25) is 12.2 Å². The molecule has 2 unspecified atom stereocenters. The minimum atomic E-state index is -1.44. The van der Waals surface area contributed by atoms with E-state index >= 15 is 0 Å². The van der Waals surface area contributed by atoms with Gasteiger partial charge in [-0.25, -0.2) is 28.4 Å². The topological polar surface area (TPSA) is 58.9 Å². The van der Waals surface area contributed by atoms with Gasteiger partial charge in [0, 0.05) is 6.42 Å². The zero-order valence-corrected chi connectivity index (χ0v) is 8.86.